The quantitative estimate of drug-likeness (QED) is 0.730. The third-order valence-corrected chi connectivity index (χ3v) is 4.27. The Morgan fingerprint density at radius 3 is 2.14 bits per heavy atom. The van der Waals surface area contributed by atoms with Gasteiger partial charge in [-0.1, -0.05) is 30.3 Å². The average molecular weight is 383 g/mol. The fourth-order valence-corrected chi connectivity index (χ4v) is 2.83. The van der Waals surface area contributed by atoms with E-state index in [0.29, 0.717) is 37.7 Å². The monoisotopic (exact) mass is 383 g/mol. The maximum absolute atomic E-state index is 12.1. The third-order valence-electron chi connectivity index (χ3n) is 4.27. The van der Waals surface area contributed by atoms with Crippen molar-refractivity contribution in [3.05, 3.63) is 60.2 Å². The largest absolute Gasteiger partial charge is 0.379 e. The first-order valence-corrected chi connectivity index (χ1v) is 9.30. The smallest absolute Gasteiger partial charge is 0.250 e. The molecule has 0 unspecified atom stereocenters. The van der Waals surface area contributed by atoms with Crippen molar-refractivity contribution in [3.8, 4) is 0 Å². The molecule has 1 fully saturated rings. The lowest BCUT2D eigenvalue weighted by atomic mass is 10.2. The minimum Gasteiger partial charge on any atom is -0.379 e. The normalized spacial score (nSPS) is 14.4. The fraction of sp³-hybridized carbons (Fsp3) is 0.333. The Labute approximate surface area is 164 Å². The molecule has 0 bridgehead atoms. The summed E-state index contributed by atoms with van der Waals surface area (Å²) >= 11 is 0. The van der Waals surface area contributed by atoms with Crippen molar-refractivity contribution >= 4 is 23.2 Å². The highest BCUT2D eigenvalue weighted by atomic mass is 16.5. The number of ether oxygens (including phenoxy) is 2. The standard InChI is InChI=1S/C21H25N3O4/c25-20(14-24-10-12-27-13-11-24)22-18-6-8-19(9-7-18)23-21(26)16-28-15-17-4-2-1-3-5-17/h1-9H,10-16H2,(H,22,25)(H,23,26). The number of nitrogens with one attached hydrogen (secondary N) is 2. The first kappa shape index (κ1) is 20.0. The summed E-state index contributed by atoms with van der Waals surface area (Å²) < 4.78 is 10.7. The summed E-state index contributed by atoms with van der Waals surface area (Å²) in [6.45, 7) is 3.58. The lowest BCUT2D eigenvalue weighted by Gasteiger charge is -2.25. The molecule has 1 saturated heterocycles. The Hall–Kier alpha value is -2.74. The molecule has 1 heterocycles. The Morgan fingerprint density at radius 2 is 1.50 bits per heavy atom. The number of carbonyl (C=O) groups excluding carboxylic acids is 2. The number of morpholine rings is 1. The molecule has 0 aliphatic carbocycles. The van der Waals surface area contributed by atoms with Crippen LogP contribution >= 0.6 is 0 Å². The van der Waals surface area contributed by atoms with Crippen LogP contribution in [0.15, 0.2) is 54.6 Å². The fourth-order valence-electron chi connectivity index (χ4n) is 2.83. The number of hydrogen-bond donors (Lipinski definition) is 2. The zero-order chi connectivity index (χ0) is 19.6. The molecule has 2 aromatic rings. The number of hydrogen-bond acceptors (Lipinski definition) is 5. The molecule has 28 heavy (non-hydrogen) atoms. The number of rotatable bonds is 8. The van der Waals surface area contributed by atoms with Crippen LogP contribution in [-0.2, 0) is 25.7 Å². The molecule has 148 valence electrons. The molecular formula is C21H25N3O4. The van der Waals surface area contributed by atoms with Crippen molar-refractivity contribution in [1.82, 2.24) is 4.90 Å². The van der Waals surface area contributed by atoms with Crippen molar-refractivity contribution in [1.29, 1.82) is 0 Å². The van der Waals surface area contributed by atoms with Crippen molar-refractivity contribution in [2.24, 2.45) is 0 Å². The Kier molecular flexibility index (Phi) is 7.54. The molecule has 0 aromatic heterocycles. The Balaban J connectivity index is 1.38. The van der Waals surface area contributed by atoms with Crippen LogP contribution in [0, 0.1) is 0 Å². The zero-order valence-corrected chi connectivity index (χ0v) is 15.7. The van der Waals surface area contributed by atoms with Crippen LogP contribution < -0.4 is 10.6 Å². The molecular weight excluding hydrogens is 358 g/mol. The number of carbonyl (C=O) groups is 2. The number of benzene rings is 2. The predicted molar refractivity (Wildman–Crippen MR) is 107 cm³/mol. The van der Waals surface area contributed by atoms with Gasteiger partial charge in [0.05, 0.1) is 26.4 Å². The van der Waals surface area contributed by atoms with E-state index in [2.05, 4.69) is 15.5 Å². The molecule has 7 nitrogen and oxygen atoms in total. The molecule has 1 aliphatic rings. The Bertz CT molecular complexity index is 759. The van der Waals surface area contributed by atoms with E-state index in [0.717, 1.165) is 18.7 Å². The first-order valence-electron chi connectivity index (χ1n) is 9.30. The molecule has 2 amide bonds. The van der Waals surface area contributed by atoms with Crippen LogP contribution in [0.4, 0.5) is 11.4 Å². The molecule has 0 spiro atoms. The van der Waals surface area contributed by atoms with Gasteiger partial charge in [-0.15, -0.1) is 0 Å². The van der Waals surface area contributed by atoms with Crippen molar-refractivity contribution in [2.45, 2.75) is 6.61 Å². The minimum absolute atomic E-state index is 0.0209. The van der Waals surface area contributed by atoms with Crippen LogP contribution in [0.3, 0.4) is 0 Å². The van der Waals surface area contributed by atoms with E-state index in [-0.39, 0.29) is 18.4 Å². The van der Waals surface area contributed by atoms with E-state index in [9.17, 15) is 9.59 Å². The van der Waals surface area contributed by atoms with Crippen LogP contribution in [0.1, 0.15) is 5.56 Å². The van der Waals surface area contributed by atoms with Gasteiger partial charge in [-0.25, -0.2) is 0 Å². The van der Waals surface area contributed by atoms with Gasteiger partial charge in [-0.05, 0) is 29.8 Å². The van der Waals surface area contributed by atoms with E-state index in [4.69, 9.17) is 9.47 Å². The molecule has 3 rings (SSSR count). The lowest BCUT2D eigenvalue weighted by molar-refractivity contribution is -0.121. The summed E-state index contributed by atoms with van der Waals surface area (Å²) in [5.74, 6) is -0.284. The lowest BCUT2D eigenvalue weighted by Crippen LogP contribution is -2.41. The zero-order valence-electron chi connectivity index (χ0n) is 15.7. The van der Waals surface area contributed by atoms with Crippen LogP contribution in [-0.4, -0.2) is 56.2 Å². The van der Waals surface area contributed by atoms with Crippen LogP contribution in [0.25, 0.3) is 0 Å². The van der Waals surface area contributed by atoms with Crippen molar-refractivity contribution in [3.63, 3.8) is 0 Å². The maximum atomic E-state index is 12.1. The van der Waals surface area contributed by atoms with Crippen molar-refractivity contribution < 1.29 is 19.1 Å². The van der Waals surface area contributed by atoms with Gasteiger partial charge in [0.2, 0.25) is 11.8 Å². The summed E-state index contributed by atoms with van der Waals surface area (Å²) in [4.78, 5) is 26.1. The highest BCUT2D eigenvalue weighted by molar-refractivity contribution is 5.94. The molecule has 2 aromatic carbocycles. The Morgan fingerprint density at radius 1 is 0.893 bits per heavy atom. The maximum Gasteiger partial charge on any atom is 0.250 e. The van der Waals surface area contributed by atoms with Gasteiger partial charge in [-0.3, -0.25) is 14.5 Å². The third kappa shape index (κ3) is 6.77. The second kappa shape index (κ2) is 10.6. The van der Waals surface area contributed by atoms with E-state index in [1.54, 1.807) is 24.3 Å². The molecule has 0 radical (unpaired) electrons. The van der Waals surface area contributed by atoms with Gasteiger partial charge in [0, 0.05) is 24.5 Å². The molecule has 0 saturated carbocycles. The average Bonchev–Trinajstić information content (AvgIpc) is 2.71. The van der Waals surface area contributed by atoms with Gasteiger partial charge in [0.15, 0.2) is 0 Å². The second-order valence-corrected chi connectivity index (χ2v) is 6.54. The highest BCUT2D eigenvalue weighted by Gasteiger charge is 2.14. The first-order chi connectivity index (χ1) is 13.7. The van der Waals surface area contributed by atoms with Gasteiger partial charge >= 0.3 is 0 Å². The van der Waals surface area contributed by atoms with Crippen molar-refractivity contribution in [2.75, 3.05) is 50.1 Å². The summed E-state index contributed by atoms with van der Waals surface area (Å²) in [6, 6.07) is 16.7. The van der Waals surface area contributed by atoms with Crippen LogP contribution in [0.2, 0.25) is 0 Å². The molecule has 1 aliphatic heterocycles. The second-order valence-electron chi connectivity index (χ2n) is 6.54. The number of nitrogens with zero attached hydrogens (tertiary/aromatic N) is 1. The molecule has 7 heteroatoms. The SMILES string of the molecule is O=C(COCc1ccccc1)Nc1ccc(NC(=O)CN2CCOCC2)cc1. The summed E-state index contributed by atoms with van der Waals surface area (Å²) in [7, 11) is 0. The summed E-state index contributed by atoms with van der Waals surface area (Å²) in [6.07, 6.45) is 0. The predicted octanol–water partition coefficient (Wildman–Crippen LogP) is 2.11. The minimum atomic E-state index is -0.222. The number of amides is 2. The summed E-state index contributed by atoms with van der Waals surface area (Å²) in [5.41, 5.74) is 2.36. The van der Waals surface area contributed by atoms with E-state index in [1.165, 1.54) is 0 Å². The van der Waals surface area contributed by atoms with Gasteiger partial charge in [-0.2, -0.15) is 0 Å². The van der Waals surface area contributed by atoms with Gasteiger partial charge < -0.3 is 20.1 Å². The van der Waals surface area contributed by atoms with Crippen LogP contribution in [0.5, 0.6) is 0 Å². The van der Waals surface area contributed by atoms with Gasteiger partial charge in [0.25, 0.3) is 0 Å². The highest BCUT2D eigenvalue weighted by Crippen LogP contribution is 2.14. The topological polar surface area (TPSA) is 79.9 Å². The number of anilines is 2. The molecule has 0 atom stereocenters. The molecule has 2 N–H and O–H groups in total. The van der Waals surface area contributed by atoms with E-state index >= 15 is 0 Å². The van der Waals surface area contributed by atoms with E-state index < -0.39 is 0 Å². The summed E-state index contributed by atoms with van der Waals surface area (Å²) in [5, 5.41) is 5.64. The van der Waals surface area contributed by atoms with Gasteiger partial charge in [0.1, 0.15) is 6.61 Å². The van der Waals surface area contributed by atoms with E-state index in [1.807, 2.05) is 30.3 Å².